The molecule has 0 fully saturated rings. The third kappa shape index (κ3) is 3.10. The first-order valence-corrected chi connectivity index (χ1v) is 8.30. The molecule has 0 saturated carbocycles. The van der Waals surface area contributed by atoms with Crippen LogP contribution in [0.25, 0.3) is 0 Å². The van der Waals surface area contributed by atoms with E-state index in [1.54, 1.807) is 12.1 Å². The van der Waals surface area contributed by atoms with Gasteiger partial charge in [-0.1, -0.05) is 35.3 Å². The standard InChI is InChI=1S/C14H14Cl2N2O2S/c1-8-4-3-5-11(9(8)2)18-21(19,20)12-7-6-10(15)14(17)13(12)16/h3-7,18H,17H2,1-2H3. The van der Waals surface area contributed by atoms with Gasteiger partial charge in [0.15, 0.2) is 0 Å². The van der Waals surface area contributed by atoms with Gasteiger partial charge in [-0.15, -0.1) is 0 Å². The van der Waals surface area contributed by atoms with E-state index in [0.717, 1.165) is 11.1 Å². The Morgan fingerprint density at radius 1 is 1.10 bits per heavy atom. The number of anilines is 2. The molecule has 0 aliphatic heterocycles. The summed E-state index contributed by atoms with van der Waals surface area (Å²) in [4.78, 5) is -0.105. The van der Waals surface area contributed by atoms with Crippen molar-refractivity contribution in [2.45, 2.75) is 18.7 Å². The normalized spacial score (nSPS) is 11.4. The predicted molar refractivity (Wildman–Crippen MR) is 87.6 cm³/mol. The van der Waals surface area contributed by atoms with Gasteiger partial charge in [-0.3, -0.25) is 4.72 Å². The minimum Gasteiger partial charge on any atom is -0.396 e. The summed E-state index contributed by atoms with van der Waals surface area (Å²) in [7, 11) is -3.84. The first kappa shape index (κ1) is 15.9. The van der Waals surface area contributed by atoms with Crippen LogP contribution in [0.2, 0.25) is 10.0 Å². The summed E-state index contributed by atoms with van der Waals surface area (Å²) in [6, 6.07) is 8.10. The third-order valence-corrected chi connectivity index (χ3v) is 5.49. The molecule has 0 radical (unpaired) electrons. The largest absolute Gasteiger partial charge is 0.396 e. The van der Waals surface area contributed by atoms with Gasteiger partial charge < -0.3 is 5.73 Å². The Bertz CT molecular complexity index is 805. The Morgan fingerprint density at radius 3 is 2.43 bits per heavy atom. The van der Waals surface area contributed by atoms with Gasteiger partial charge in [0.25, 0.3) is 10.0 Å². The van der Waals surface area contributed by atoms with E-state index in [1.165, 1.54) is 12.1 Å². The average Bonchev–Trinajstić information content (AvgIpc) is 2.41. The summed E-state index contributed by atoms with van der Waals surface area (Å²) in [6.45, 7) is 3.74. The monoisotopic (exact) mass is 344 g/mol. The fraction of sp³-hybridized carbons (Fsp3) is 0.143. The molecule has 2 rings (SSSR count). The van der Waals surface area contributed by atoms with E-state index >= 15 is 0 Å². The highest BCUT2D eigenvalue weighted by Gasteiger charge is 2.21. The zero-order chi connectivity index (χ0) is 15.8. The van der Waals surface area contributed by atoms with E-state index < -0.39 is 10.0 Å². The number of hydrogen-bond acceptors (Lipinski definition) is 3. The predicted octanol–water partition coefficient (Wildman–Crippen LogP) is 3.99. The molecule has 0 aliphatic carbocycles. The van der Waals surface area contributed by atoms with Crippen LogP contribution in [0, 0.1) is 13.8 Å². The Labute approximate surface area is 133 Å². The van der Waals surface area contributed by atoms with Gasteiger partial charge in [0.2, 0.25) is 0 Å². The van der Waals surface area contributed by atoms with Crippen molar-refractivity contribution >= 4 is 44.6 Å². The van der Waals surface area contributed by atoms with Crippen molar-refractivity contribution in [2.75, 3.05) is 10.5 Å². The first-order chi connectivity index (χ1) is 9.74. The van der Waals surface area contributed by atoms with Gasteiger partial charge in [0, 0.05) is 0 Å². The summed E-state index contributed by atoms with van der Waals surface area (Å²) >= 11 is 11.8. The zero-order valence-electron chi connectivity index (χ0n) is 11.4. The van der Waals surface area contributed by atoms with Crippen LogP contribution in [0.4, 0.5) is 11.4 Å². The molecular weight excluding hydrogens is 331 g/mol. The lowest BCUT2D eigenvalue weighted by Gasteiger charge is -2.14. The first-order valence-electron chi connectivity index (χ1n) is 6.06. The fourth-order valence-electron chi connectivity index (χ4n) is 1.82. The Hall–Kier alpha value is -1.43. The minimum atomic E-state index is -3.84. The molecule has 0 unspecified atom stereocenters. The van der Waals surface area contributed by atoms with Crippen LogP contribution in [0.3, 0.4) is 0 Å². The molecule has 0 atom stereocenters. The van der Waals surface area contributed by atoms with Crippen LogP contribution in [-0.2, 0) is 10.0 Å². The molecule has 0 saturated heterocycles. The maximum atomic E-state index is 12.5. The second-order valence-corrected chi connectivity index (χ2v) is 7.06. The van der Waals surface area contributed by atoms with E-state index in [0.29, 0.717) is 5.69 Å². The van der Waals surface area contributed by atoms with Crippen molar-refractivity contribution in [3.05, 3.63) is 51.5 Å². The number of benzene rings is 2. The molecule has 112 valence electrons. The van der Waals surface area contributed by atoms with E-state index in [-0.39, 0.29) is 20.6 Å². The molecule has 4 nitrogen and oxygen atoms in total. The van der Waals surface area contributed by atoms with E-state index in [1.807, 2.05) is 19.9 Å². The van der Waals surface area contributed by atoms with Crippen molar-refractivity contribution in [3.8, 4) is 0 Å². The Kier molecular flexibility index (Phi) is 4.37. The third-order valence-electron chi connectivity index (χ3n) is 3.23. The molecule has 0 bridgehead atoms. The topological polar surface area (TPSA) is 72.2 Å². The van der Waals surface area contributed by atoms with Crippen LogP contribution >= 0.6 is 23.2 Å². The smallest absolute Gasteiger partial charge is 0.263 e. The lowest BCUT2D eigenvalue weighted by atomic mass is 10.1. The molecule has 0 heterocycles. The highest BCUT2D eigenvalue weighted by molar-refractivity contribution is 7.92. The van der Waals surface area contributed by atoms with Gasteiger partial charge in [-0.25, -0.2) is 8.42 Å². The van der Waals surface area contributed by atoms with Gasteiger partial charge in [0.05, 0.1) is 21.4 Å². The van der Waals surface area contributed by atoms with Crippen LogP contribution < -0.4 is 10.5 Å². The van der Waals surface area contributed by atoms with Crippen LogP contribution in [0.1, 0.15) is 11.1 Å². The number of nitrogen functional groups attached to an aromatic ring is 1. The SMILES string of the molecule is Cc1cccc(NS(=O)(=O)c2ccc(Cl)c(N)c2Cl)c1C. The van der Waals surface area contributed by atoms with Crippen molar-refractivity contribution in [3.63, 3.8) is 0 Å². The molecule has 2 aromatic rings. The quantitative estimate of drug-likeness (QED) is 0.826. The van der Waals surface area contributed by atoms with Crippen LogP contribution in [-0.4, -0.2) is 8.42 Å². The van der Waals surface area contributed by atoms with E-state index in [4.69, 9.17) is 28.9 Å². The molecule has 21 heavy (non-hydrogen) atoms. The molecule has 0 aliphatic rings. The van der Waals surface area contributed by atoms with Crippen molar-refractivity contribution in [1.29, 1.82) is 0 Å². The number of rotatable bonds is 3. The van der Waals surface area contributed by atoms with Crippen LogP contribution in [0.15, 0.2) is 35.2 Å². The van der Waals surface area contributed by atoms with Gasteiger partial charge in [-0.05, 0) is 43.2 Å². The molecule has 7 heteroatoms. The highest BCUT2D eigenvalue weighted by atomic mass is 35.5. The minimum absolute atomic E-state index is 0.0437. The lowest BCUT2D eigenvalue weighted by molar-refractivity contribution is 0.601. The molecular formula is C14H14Cl2N2O2S. The van der Waals surface area contributed by atoms with Crippen LogP contribution in [0.5, 0.6) is 0 Å². The van der Waals surface area contributed by atoms with Gasteiger partial charge in [0.1, 0.15) is 4.90 Å². The summed E-state index contributed by atoms with van der Waals surface area (Å²) in [5.74, 6) is 0. The van der Waals surface area contributed by atoms with Crippen molar-refractivity contribution < 1.29 is 8.42 Å². The van der Waals surface area contributed by atoms with E-state index in [9.17, 15) is 8.42 Å². The Balaban J connectivity index is 2.49. The molecule has 0 spiro atoms. The molecule has 0 amide bonds. The second kappa shape index (κ2) is 5.75. The summed E-state index contributed by atoms with van der Waals surface area (Å²) in [6.07, 6.45) is 0. The van der Waals surface area contributed by atoms with Crippen molar-refractivity contribution in [2.24, 2.45) is 0 Å². The molecule has 0 aromatic heterocycles. The second-order valence-electron chi connectivity index (χ2n) is 4.63. The van der Waals surface area contributed by atoms with Crippen molar-refractivity contribution in [1.82, 2.24) is 0 Å². The number of sulfonamides is 1. The summed E-state index contributed by atoms with van der Waals surface area (Å²) in [5.41, 5.74) is 8.04. The maximum absolute atomic E-state index is 12.5. The average molecular weight is 345 g/mol. The van der Waals surface area contributed by atoms with Gasteiger partial charge in [-0.2, -0.15) is 0 Å². The number of nitrogens with two attached hydrogens (primary N) is 1. The van der Waals surface area contributed by atoms with E-state index in [2.05, 4.69) is 4.72 Å². The number of hydrogen-bond donors (Lipinski definition) is 2. The summed E-state index contributed by atoms with van der Waals surface area (Å²) < 4.78 is 27.4. The molecule has 3 N–H and O–H groups in total. The molecule has 2 aromatic carbocycles. The fourth-order valence-corrected chi connectivity index (χ4v) is 3.71. The summed E-state index contributed by atoms with van der Waals surface area (Å²) in [5, 5.41) is 0.131. The lowest BCUT2D eigenvalue weighted by Crippen LogP contribution is -2.15. The number of aryl methyl sites for hydroxylation is 1. The van der Waals surface area contributed by atoms with Gasteiger partial charge >= 0.3 is 0 Å². The number of nitrogens with one attached hydrogen (secondary N) is 1. The highest BCUT2D eigenvalue weighted by Crippen LogP contribution is 2.34. The Morgan fingerprint density at radius 2 is 1.76 bits per heavy atom. The zero-order valence-corrected chi connectivity index (χ0v) is 13.8. The number of halogens is 2. The maximum Gasteiger partial charge on any atom is 0.263 e.